The first-order chi connectivity index (χ1) is 30.6. The van der Waals surface area contributed by atoms with Crippen LogP contribution in [0.1, 0.15) is 168 Å². The van der Waals surface area contributed by atoms with E-state index in [2.05, 4.69) is 12.2 Å². The molecule has 1 fully saturated rings. The first-order valence-electron chi connectivity index (χ1n) is 23.6. The Morgan fingerprint density at radius 1 is 0.797 bits per heavy atom. The molecule has 1 aromatic carbocycles. The monoisotopic (exact) mass is 907 g/mol. The van der Waals surface area contributed by atoms with Gasteiger partial charge in [-0.1, -0.05) is 135 Å². The van der Waals surface area contributed by atoms with E-state index in [-0.39, 0.29) is 25.0 Å². The minimum Gasteiger partial charge on any atom is -0.481 e. The molecule has 0 bridgehead atoms. The van der Waals surface area contributed by atoms with Crippen molar-refractivity contribution in [2.24, 2.45) is 11.5 Å². The third-order valence-electron chi connectivity index (χ3n) is 11.8. The number of amides is 3. The van der Waals surface area contributed by atoms with E-state index in [0.717, 1.165) is 31.1 Å². The predicted octanol–water partition coefficient (Wildman–Crippen LogP) is 5.27. The summed E-state index contributed by atoms with van der Waals surface area (Å²) in [5.74, 6) is -5.51. The third-order valence-corrected chi connectivity index (χ3v) is 11.8. The Morgan fingerprint density at radius 3 is 1.73 bits per heavy atom. The Morgan fingerprint density at radius 2 is 1.30 bits per heavy atom. The molecule has 17 heteroatoms. The van der Waals surface area contributed by atoms with E-state index >= 15 is 0 Å². The van der Waals surface area contributed by atoms with Gasteiger partial charge in [0, 0.05) is 26.2 Å². The van der Waals surface area contributed by atoms with Crippen LogP contribution >= 0.6 is 0 Å². The van der Waals surface area contributed by atoms with Crippen LogP contribution in [0, 0.1) is 0 Å². The van der Waals surface area contributed by atoms with E-state index in [1.165, 1.54) is 115 Å². The lowest BCUT2D eigenvalue weighted by Gasteiger charge is -2.48. The predicted molar refractivity (Wildman–Crippen MR) is 240 cm³/mol. The lowest BCUT2D eigenvalue weighted by molar-refractivity contribution is -0.246. The van der Waals surface area contributed by atoms with Crippen molar-refractivity contribution in [2.45, 2.75) is 217 Å². The zero-order valence-electron chi connectivity index (χ0n) is 38.5. The van der Waals surface area contributed by atoms with E-state index in [4.69, 9.17) is 25.7 Å². The van der Waals surface area contributed by atoms with Crippen LogP contribution < -0.4 is 21.5 Å². The van der Waals surface area contributed by atoms with Crippen molar-refractivity contribution in [2.75, 3.05) is 6.61 Å². The van der Waals surface area contributed by atoms with E-state index in [1.807, 2.05) is 0 Å². The molecule has 1 aromatic rings. The molecular formula is C47H78N4O13. The molecule has 364 valence electrons. The fourth-order valence-corrected chi connectivity index (χ4v) is 7.98. The molecule has 0 radical (unpaired) electrons. The highest BCUT2D eigenvalue weighted by Gasteiger charge is 2.50. The van der Waals surface area contributed by atoms with Gasteiger partial charge in [0.05, 0.1) is 12.6 Å². The molecule has 3 amide bonds. The quantitative estimate of drug-likeness (QED) is 0.0260. The van der Waals surface area contributed by atoms with Crippen LogP contribution in [-0.4, -0.2) is 116 Å². The second-order valence-corrected chi connectivity index (χ2v) is 17.2. The number of carboxylic acids is 2. The number of carbonyl (C=O) groups excluding carboxylic acids is 4. The van der Waals surface area contributed by atoms with Crippen LogP contribution in [0.2, 0.25) is 0 Å². The third kappa shape index (κ3) is 21.2. The van der Waals surface area contributed by atoms with Crippen LogP contribution in [0.25, 0.3) is 0 Å². The van der Waals surface area contributed by atoms with Crippen molar-refractivity contribution >= 4 is 35.6 Å². The van der Waals surface area contributed by atoms with Crippen LogP contribution in [-0.2, 0) is 44.7 Å². The number of ether oxygens (including phenoxy) is 3. The highest BCUT2D eigenvalue weighted by Crippen LogP contribution is 2.29. The van der Waals surface area contributed by atoms with Gasteiger partial charge in [-0.15, -0.1) is 0 Å². The number of esters is 1. The number of carboxylic acid groups (broad SMARTS) is 2. The molecular weight excluding hydrogens is 829 g/mol. The Hall–Kier alpha value is -4.16. The maximum atomic E-state index is 14.1. The summed E-state index contributed by atoms with van der Waals surface area (Å²) in [6, 6.07) is 1.73. The van der Waals surface area contributed by atoms with Gasteiger partial charge in [0.2, 0.25) is 17.7 Å². The van der Waals surface area contributed by atoms with Crippen molar-refractivity contribution in [1.29, 1.82) is 0 Å². The molecule has 17 nitrogen and oxygen atoms in total. The fourth-order valence-electron chi connectivity index (χ4n) is 7.98. The Labute approximate surface area is 379 Å². The normalized spacial score (nSPS) is 19.9. The van der Waals surface area contributed by atoms with Crippen molar-refractivity contribution in [3.8, 4) is 5.75 Å². The number of nitrogens with zero attached hydrogens (tertiary/aromatic N) is 1. The summed E-state index contributed by atoms with van der Waals surface area (Å²) in [7, 11) is 0. The molecule has 0 aromatic heterocycles. The molecule has 1 heterocycles. The van der Waals surface area contributed by atoms with Gasteiger partial charge >= 0.3 is 17.9 Å². The van der Waals surface area contributed by atoms with Gasteiger partial charge in [0.15, 0.2) is 12.3 Å². The molecule has 2 rings (SSSR count). The van der Waals surface area contributed by atoms with Crippen molar-refractivity contribution in [1.82, 2.24) is 10.2 Å². The zero-order valence-corrected chi connectivity index (χ0v) is 38.5. The van der Waals surface area contributed by atoms with Gasteiger partial charge in [-0.25, -0.2) is 4.79 Å². The number of aliphatic hydroxyl groups excluding tert-OH is 2. The topological polar surface area (TPSA) is 278 Å². The average Bonchev–Trinajstić information content (AvgIpc) is 3.25. The van der Waals surface area contributed by atoms with Crippen molar-refractivity contribution in [3.63, 3.8) is 0 Å². The molecule has 0 aliphatic carbocycles. The van der Waals surface area contributed by atoms with Gasteiger partial charge in [0.25, 0.3) is 0 Å². The number of primary amides is 1. The number of unbranched alkanes of at least 4 members (excludes halogenated alkanes) is 18. The molecule has 1 saturated heterocycles. The van der Waals surface area contributed by atoms with Crippen molar-refractivity contribution in [3.05, 3.63) is 29.8 Å². The van der Waals surface area contributed by atoms with Gasteiger partial charge in [-0.05, 0) is 37.5 Å². The maximum absolute atomic E-state index is 14.1. The second kappa shape index (κ2) is 31.7. The van der Waals surface area contributed by atoms with E-state index in [1.54, 1.807) is 12.1 Å². The summed E-state index contributed by atoms with van der Waals surface area (Å²) in [6.07, 6.45) is 15.4. The molecule has 9 N–H and O–H groups in total. The van der Waals surface area contributed by atoms with Gasteiger partial charge in [-0.3, -0.25) is 24.0 Å². The first-order valence-corrected chi connectivity index (χ1v) is 23.6. The largest absolute Gasteiger partial charge is 0.481 e. The van der Waals surface area contributed by atoms with Crippen LogP contribution in [0.3, 0.4) is 0 Å². The molecule has 1 aliphatic heterocycles. The summed E-state index contributed by atoms with van der Waals surface area (Å²) in [5.41, 5.74) is 12.4. The lowest BCUT2D eigenvalue weighted by Crippen LogP contribution is -2.70. The average molecular weight is 907 g/mol. The van der Waals surface area contributed by atoms with Crippen LogP contribution in [0.15, 0.2) is 24.3 Å². The number of aliphatic carboxylic acids is 2. The molecule has 8 atom stereocenters. The summed E-state index contributed by atoms with van der Waals surface area (Å²) in [4.78, 5) is 76.3. The Kier molecular flexibility index (Phi) is 27.7. The molecule has 64 heavy (non-hydrogen) atoms. The lowest BCUT2D eigenvalue weighted by atomic mass is 9.93. The number of aliphatic hydroxyl groups is 2. The molecule has 1 unspecified atom stereocenters. The minimum absolute atomic E-state index is 0.250. The maximum Gasteiger partial charge on any atom is 0.332 e. The fraction of sp³-hybridized carbons (Fsp3) is 0.745. The Bertz CT molecular complexity index is 1550. The van der Waals surface area contributed by atoms with Crippen LogP contribution in [0.5, 0.6) is 5.75 Å². The van der Waals surface area contributed by atoms with E-state index < -0.39 is 97.4 Å². The Balaban J connectivity index is 1.97. The van der Waals surface area contributed by atoms with Crippen molar-refractivity contribution < 1.29 is 63.4 Å². The highest BCUT2D eigenvalue weighted by molar-refractivity contribution is 5.92. The molecule has 0 saturated carbocycles. The summed E-state index contributed by atoms with van der Waals surface area (Å²) in [5, 5.41) is 42.0. The second-order valence-electron chi connectivity index (χ2n) is 17.2. The summed E-state index contributed by atoms with van der Waals surface area (Å²) >= 11 is 0. The zero-order chi connectivity index (χ0) is 47.4. The van der Waals surface area contributed by atoms with Gasteiger partial charge < -0.3 is 56.3 Å². The number of hydrogen-bond acceptors (Lipinski definition) is 12. The number of nitrogens with one attached hydrogen (secondary N) is 1. The standard InChI is InChI=1S/C47H78N4O13/c1-4-5-6-7-8-9-10-11-12-13-14-15-16-17-18-19-20-21-22-23-40(56)63-35-26-24-34(25-27-35)30-37(45(59)50-36(44(49)58)28-29-39(54)55)51(33(3)53)46-41(48)43(62-32(2)47(60)61)42(57)38(31-52)64-46/h24-27,32,36-38,41-43,46,52,57H,4-23,28-31,48H2,1-3H3,(H2,49,58)(H,50,59)(H,54,55)(H,60,61)/t32-,36-,37+,38-,41-,42-,43-,46?/m1/s1. The highest BCUT2D eigenvalue weighted by atomic mass is 16.6. The van der Waals surface area contributed by atoms with Crippen LogP contribution in [0.4, 0.5) is 0 Å². The van der Waals surface area contributed by atoms with Gasteiger partial charge in [0.1, 0.15) is 36.1 Å². The number of rotatable bonds is 35. The number of hydrogen-bond donors (Lipinski definition) is 7. The first kappa shape index (κ1) is 56.0. The van der Waals surface area contributed by atoms with Gasteiger partial charge in [-0.2, -0.15) is 0 Å². The van der Waals surface area contributed by atoms with E-state index in [9.17, 15) is 49.2 Å². The SMILES string of the molecule is CCCCCCCCCCCCCCCCCCCCCC(=O)Oc1ccc(C[C@@H](C(=O)N[C@H](CCC(=O)O)C(N)=O)N(C(C)=O)C2O[C@H](CO)[C@@H](O)[C@H](O[C@H](C)C(=O)O)[C@H]2N)cc1. The summed E-state index contributed by atoms with van der Waals surface area (Å²) < 4.78 is 17.0. The summed E-state index contributed by atoms with van der Waals surface area (Å²) in [6.45, 7) is 3.76. The number of carbonyl (C=O) groups is 6. The molecule has 0 spiro atoms. The molecule has 1 aliphatic rings. The number of benzene rings is 1. The number of nitrogens with two attached hydrogens (primary N) is 2. The van der Waals surface area contributed by atoms with E-state index in [0.29, 0.717) is 12.0 Å². The minimum atomic E-state index is -1.63. The smallest absolute Gasteiger partial charge is 0.332 e.